The number of nitrogens with one attached hydrogen (secondary N) is 1. The maximum Gasteiger partial charge on any atom is 0.269 e. The van der Waals surface area contributed by atoms with Crippen molar-refractivity contribution in [3.63, 3.8) is 0 Å². The van der Waals surface area contributed by atoms with Gasteiger partial charge in [-0.1, -0.05) is 12.2 Å². The normalized spacial score (nSPS) is 11.2. The summed E-state index contributed by atoms with van der Waals surface area (Å²) >= 11 is 0. The first-order valence-corrected chi connectivity index (χ1v) is 11.7. The molecule has 0 aliphatic carbocycles. The number of non-ortho nitro benzene ring substituents is 1. The largest absolute Gasteiger partial charge is 0.493 e. The number of benzene rings is 3. The Morgan fingerprint density at radius 2 is 1.36 bits per heavy atom. The standard InChI is InChI=1S/C24H23FN2O8S/c1-32-21-13-16(14-22(33-2)24(21)35-4)6-5-15-11-19(25)23(34-3)20(12-15)26-36(30,31)18-9-7-17(8-10-18)27(28)29/h5-14,26H,1-4H3. The second-order valence-electron chi connectivity index (χ2n) is 7.23. The number of hydrogen-bond donors (Lipinski definition) is 1. The first-order chi connectivity index (χ1) is 17.1. The molecule has 0 aromatic heterocycles. The van der Waals surface area contributed by atoms with Gasteiger partial charge in [-0.05, 0) is 47.5 Å². The lowest BCUT2D eigenvalue weighted by molar-refractivity contribution is -0.384. The molecular formula is C24H23FN2O8S. The number of ether oxygens (including phenoxy) is 4. The van der Waals surface area contributed by atoms with Gasteiger partial charge in [0.05, 0.1) is 43.9 Å². The number of methoxy groups -OCH3 is 4. The van der Waals surface area contributed by atoms with E-state index in [1.807, 2.05) is 0 Å². The first-order valence-electron chi connectivity index (χ1n) is 10.3. The van der Waals surface area contributed by atoms with Gasteiger partial charge in [0, 0.05) is 12.1 Å². The molecule has 0 atom stereocenters. The average Bonchev–Trinajstić information content (AvgIpc) is 2.86. The third-order valence-electron chi connectivity index (χ3n) is 5.03. The number of nitro benzene ring substituents is 1. The zero-order valence-electron chi connectivity index (χ0n) is 19.8. The fraction of sp³-hybridized carbons (Fsp3) is 0.167. The smallest absolute Gasteiger partial charge is 0.269 e. The van der Waals surface area contributed by atoms with Gasteiger partial charge in [0.25, 0.3) is 15.7 Å². The number of nitrogens with zero attached hydrogens (tertiary/aromatic N) is 1. The van der Waals surface area contributed by atoms with Crippen LogP contribution in [0.5, 0.6) is 23.0 Å². The molecule has 12 heteroatoms. The maximum atomic E-state index is 14.8. The molecule has 0 amide bonds. The summed E-state index contributed by atoms with van der Waals surface area (Å²) in [5.41, 5.74) is 0.550. The summed E-state index contributed by atoms with van der Waals surface area (Å²) in [7, 11) is 1.44. The summed E-state index contributed by atoms with van der Waals surface area (Å²) in [6.45, 7) is 0. The van der Waals surface area contributed by atoms with Gasteiger partial charge in [-0.3, -0.25) is 14.8 Å². The molecular weight excluding hydrogens is 495 g/mol. The zero-order chi connectivity index (χ0) is 26.5. The Balaban J connectivity index is 1.97. The van der Waals surface area contributed by atoms with Crippen LogP contribution in [0.3, 0.4) is 0 Å². The predicted molar refractivity (Wildman–Crippen MR) is 132 cm³/mol. The molecule has 3 aromatic rings. The zero-order valence-corrected chi connectivity index (χ0v) is 20.6. The van der Waals surface area contributed by atoms with Crippen molar-refractivity contribution in [1.29, 1.82) is 0 Å². The van der Waals surface area contributed by atoms with Gasteiger partial charge in [-0.15, -0.1) is 0 Å². The van der Waals surface area contributed by atoms with Crippen LogP contribution in [0.4, 0.5) is 15.8 Å². The molecule has 190 valence electrons. The highest BCUT2D eigenvalue weighted by atomic mass is 32.2. The number of hydrogen-bond acceptors (Lipinski definition) is 8. The number of nitro groups is 1. The van der Waals surface area contributed by atoms with Gasteiger partial charge in [-0.25, -0.2) is 12.8 Å². The van der Waals surface area contributed by atoms with Crippen molar-refractivity contribution in [2.45, 2.75) is 4.90 Å². The minimum absolute atomic E-state index is 0.152. The topological polar surface area (TPSA) is 126 Å². The predicted octanol–water partition coefficient (Wildman–Crippen LogP) is 4.74. The Bertz CT molecular complexity index is 1380. The summed E-state index contributed by atoms with van der Waals surface area (Å²) < 4.78 is 63.7. The van der Waals surface area contributed by atoms with Crippen molar-refractivity contribution in [3.05, 3.63) is 75.6 Å². The van der Waals surface area contributed by atoms with Crippen LogP contribution in [-0.4, -0.2) is 41.8 Å². The van der Waals surface area contributed by atoms with Crippen molar-refractivity contribution >= 4 is 33.6 Å². The molecule has 0 spiro atoms. The Morgan fingerprint density at radius 1 is 0.833 bits per heavy atom. The Morgan fingerprint density at radius 3 is 1.83 bits per heavy atom. The van der Waals surface area contributed by atoms with Crippen molar-refractivity contribution in [3.8, 4) is 23.0 Å². The lowest BCUT2D eigenvalue weighted by Gasteiger charge is -2.14. The number of anilines is 1. The van der Waals surface area contributed by atoms with E-state index in [0.717, 1.165) is 24.3 Å². The summed E-state index contributed by atoms with van der Waals surface area (Å²) in [5, 5.41) is 10.8. The molecule has 0 saturated carbocycles. The maximum absolute atomic E-state index is 14.8. The molecule has 0 bridgehead atoms. The Kier molecular flexibility index (Phi) is 8.00. The van der Waals surface area contributed by atoms with Crippen molar-refractivity contribution < 1.29 is 36.7 Å². The van der Waals surface area contributed by atoms with Gasteiger partial charge >= 0.3 is 0 Å². The fourth-order valence-electron chi connectivity index (χ4n) is 3.33. The van der Waals surface area contributed by atoms with Crippen LogP contribution < -0.4 is 23.7 Å². The molecule has 0 fully saturated rings. The third kappa shape index (κ3) is 5.66. The minimum atomic E-state index is -4.21. The lowest BCUT2D eigenvalue weighted by Crippen LogP contribution is -2.14. The van der Waals surface area contributed by atoms with Crippen molar-refractivity contribution in [2.24, 2.45) is 0 Å². The second-order valence-corrected chi connectivity index (χ2v) is 8.91. The number of rotatable bonds is 10. The van der Waals surface area contributed by atoms with Crippen molar-refractivity contribution in [2.75, 3.05) is 33.2 Å². The van der Waals surface area contributed by atoms with E-state index in [0.29, 0.717) is 28.4 Å². The first kappa shape index (κ1) is 26.3. The summed E-state index contributed by atoms with van der Waals surface area (Å²) in [5.74, 6) is 0.148. The van der Waals surface area contributed by atoms with Crippen molar-refractivity contribution in [1.82, 2.24) is 0 Å². The second kappa shape index (κ2) is 11.0. The molecule has 0 aliphatic heterocycles. The summed E-state index contributed by atoms with van der Waals surface area (Å²) in [4.78, 5) is 9.95. The molecule has 3 aromatic carbocycles. The van der Waals surface area contributed by atoms with Crippen LogP contribution >= 0.6 is 0 Å². The fourth-order valence-corrected chi connectivity index (χ4v) is 4.39. The van der Waals surface area contributed by atoms with Crippen LogP contribution in [0.25, 0.3) is 12.2 Å². The van der Waals surface area contributed by atoms with Gasteiger partial charge in [-0.2, -0.15) is 0 Å². The summed E-state index contributed by atoms with van der Waals surface area (Å²) in [6, 6.07) is 10.2. The van der Waals surface area contributed by atoms with Crippen LogP contribution in [0.1, 0.15) is 11.1 Å². The Labute approximate surface area is 207 Å². The quantitative estimate of drug-likeness (QED) is 0.232. The average molecular weight is 519 g/mol. The van der Waals surface area contributed by atoms with Gasteiger partial charge in [0.2, 0.25) is 5.75 Å². The molecule has 3 rings (SSSR count). The van der Waals surface area contributed by atoms with Crippen LogP contribution in [-0.2, 0) is 10.0 Å². The lowest BCUT2D eigenvalue weighted by atomic mass is 10.1. The number of halogens is 1. The van der Waals surface area contributed by atoms with Gasteiger partial charge < -0.3 is 18.9 Å². The number of sulfonamides is 1. The minimum Gasteiger partial charge on any atom is -0.493 e. The third-order valence-corrected chi connectivity index (χ3v) is 6.41. The van der Waals surface area contributed by atoms with Crippen LogP contribution in [0, 0.1) is 15.9 Å². The summed E-state index contributed by atoms with van der Waals surface area (Å²) in [6.07, 6.45) is 3.22. The van der Waals surface area contributed by atoms with E-state index in [-0.39, 0.29) is 22.0 Å². The highest BCUT2D eigenvalue weighted by Crippen LogP contribution is 2.39. The monoisotopic (exact) mass is 518 g/mol. The molecule has 1 N–H and O–H groups in total. The van der Waals surface area contributed by atoms with E-state index < -0.39 is 20.8 Å². The van der Waals surface area contributed by atoms with Crippen LogP contribution in [0.2, 0.25) is 0 Å². The molecule has 0 heterocycles. The van der Waals surface area contributed by atoms with Gasteiger partial charge in [0.15, 0.2) is 23.1 Å². The van der Waals surface area contributed by atoms with E-state index in [4.69, 9.17) is 18.9 Å². The molecule has 0 unspecified atom stereocenters. The van der Waals surface area contributed by atoms with E-state index in [1.165, 1.54) is 40.6 Å². The Hall–Kier alpha value is -4.32. The van der Waals surface area contributed by atoms with E-state index in [9.17, 15) is 22.9 Å². The van der Waals surface area contributed by atoms with E-state index in [2.05, 4.69) is 4.72 Å². The molecule has 10 nitrogen and oxygen atoms in total. The molecule has 0 aliphatic rings. The van der Waals surface area contributed by atoms with Crippen LogP contribution in [0.15, 0.2) is 53.4 Å². The highest BCUT2D eigenvalue weighted by Gasteiger charge is 2.20. The van der Waals surface area contributed by atoms with Gasteiger partial charge in [0.1, 0.15) is 0 Å². The SMILES string of the molecule is COc1cc(C=Cc2cc(F)c(OC)c(NS(=O)(=O)c3ccc([N+](=O)[O-])cc3)c2)cc(OC)c1OC. The molecule has 0 radical (unpaired) electrons. The molecule has 0 saturated heterocycles. The van der Waals surface area contributed by atoms with E-state index >= 15 is 0 Å². The highest BCUT2D eigenvalue weighted by molar-refractivity contribution is 7.92. The molecule has 36 heavy (non-hydrogen) atoms. The van der Waals surface area contributed by atoms with E-state index in [1.54, 1.807) is 24.3 Å².